The van der Waals surface area contributed by atoms with E-state index in [0.717, 1.165) is 34.1 Å². The topological polar surface area (TPSA) is 69.0 Å². The van der Waals surface area contributed by atoms with Crippen LogP contribution in [0.4, 0.5) is 5.13 Å². The lowest BCUT2D eigenvalue weighted by atomic mass is 10.1. The summed E-state index contributed by atoms with van der Waals surface area (Å²) < 4.78 is 7.27. The Bertz CT molecular complexity index is 912. The van der Waals surface area contributed by atoms with Crippen molar-refractivity contribution in [2.45, 2.75) is 34.2 Å². The van der Waals surface area contributed by atoms with Crippen LogP contribution in [0, 0.1) is 13.8 Å². The summed E-state index contributed by atoms with van der Waals surface area (Å²) in [5, 5.41) is 7.73. The second kappa shape index (κ2) is 7.70. The maximum atomic E-state index is 12.4. The lowest BCUT2D eigenvalue weighted by Crippen LogP contribution is -2.13. The minimum atomic E-state index is -0.243. The zero-order valence-corrected chi connectivity index (χ0v) is 16.2. The quantitative estimate of drug-likeness (QED) is 0.702. The fourth-order valence-electron chi connectivity index (χ4n) is 2.70. The van der Waals surface area contributed by atoms with Gasteiger partial charge in [0.15, 0.2) is 10.8 Å². The SMILES string of the molecule is CCOc1ccc(-c2nc(NC(=O)c3cc(C)n(CC)n3)sc2C)cc1. The number of anilines is 1. The predicted octanol–water partition coefficient (Wildman–Crippen LogP) is 4.29. The molecule has 3 aromatic rings. The van der Waals surface area contributed by atoms with Gasteiger partial charge in [0.2, 0.25) is 0 Å². The van der Waals surface area contributed by atoms with Gasteiger partial charge in [-0.3, -0.25) is 14.8 Å². The Morgan fingerprint density at radius 3 is 2.58 bits per heavy atom. The second-order valence-electron chi connectivity index (χ2n) is 5.82. The van der Waals surface area contributed by atoms with Crippen LogP contribution in [0.15, 0.2) is 30.3 Å². The van der Waals surface area contributed by atoms with E-state index in [4.69, 9.17) is 4.74 Å². The number of rotatable bonds is 6. The normalized spacial score (nSPS) is 10.8. The summed E-state index contributed by atoms with van der Waals surface area (Å²) in [5.41, 5.74) is 3.22. The first-order chi connectivity index (χ1) is 12.5. The smallest absolute Gasteiger partial charge is 0.277 e. The van der Waals surface area contributed by atoms with Gasteiger partial charge in [-0.25, -0.2) is 4.98 Å². The van der Waals surface area contributed by atoms with Crippen LogP contribution < -0.4 is 10.1 Å². The van der Waals surface area contributed by atoms with Gasteiger partial charge in [-0.15, -0.1) is 11.3 Å². The summed E-state index contributed by atoms with van der Waals surface area (Å²) in [6, 6.07) is 9.59. The summed E-state index contributed by atoms with van der Waals surface area (Å²) in [5.74, 6) is 0.590. The molecule has 0 bridgehead atoms. The Labute approximate surface area is 156 Å². The Morgan fingerprint density at radius 2 is 1.96 bits per heavy atom. The number of carbonyl (C=O) groups excluding carboxylic acids is 1. The maximum absolute atomic E-state index is 12.4. The molecule has 26 heavy (non-hydrogen) atoms. The molecule has 0 fully saturated rings. The molecule has 3 rings (SSSR count). The summed E-state index contributed by atoms with van der Waals surface area (Å²) >= 11 is 1.45. The third-order valence-corrected chi connectivity index (χ3v) is 4.86. The molecule has 7 heteroatoms. The van der Waals surface area contributed by atoms with Gasteiger partial charge >= 0.3 is 0 Å². The number of hydrogen-bond acceptors (Lipinski definition) is 5. The monoisotopic (exact) mass is 370 g/mol. The van der Waals surface area contributed by atoms with Crippen LogP contribution in [0.1, 0.15) is 34.9 Å². The van der Waals surface area contributed by atoms with Gasteiger partial charge in [0.1, 0.15) is 5.75 Å². The van der Waals surface area contributed by atoms with Crippen molar-refractivity contribution in [3.63, 3.8) is 0 Å². The molecule has 1 amide bonds. The largest absolute Gasteiger partial charge is 0.494 e. The van der Waals surface area contributed by atoms with E-state index in [0.29, 0.717) is 17.4 Å². The first kappa shape index (κ1) is 18.1. The van der Waals surface area contributed by atoms with Crippen LogP contribution in [0.2, 0.25) is 0 Å². The number of ether oxygens (including phenoxy) is 1. The maximum Gasteiger partial charge on any atom is 0.277 e. The van der Waals surface area contributed by atoms with Gasteiger partial charge in [-0.2, -0.15) is 5.10 Å². The zero-order valence-electron chi connectivity index (χ0n) is 15.4. The zero-order chi connectivity index (χ0) is 18.7. The molecule has 6 nitrogen and oxygen atoms in total. The van der Waals surface area contributed by atoms with E-state index in [1.165, 1.54) is 11.3 Å². The number of carbonyl (C=O) groups is 1. The molecule has 136 valence electrons. The molecule has 2 heterocycles. The van der Waals surface area contributed by atoms with Crippen molar-refractivity contribution in [2.75, 3.05) is 11.9 Å². The fraction of sp³-hybridized carbons (Fsp3) is 0.316. The first-order valence-electron chi connectivity index (χ1n) is 8.58. The Kier molecular flexibility index (Phi) is 5.37. The van der Waals surface area contributed by atoms with Gasteiger partial charge in [0, 0.05) is 22.7 Å². The Balaban J connectivity index is 1.78. The molecule has 0 aliphatic rings. The first-order valence-corrected chi connectivity index (χ1v) is 9.40. The van der Waals surface area contributed by atoms with Crippen LogP contribution in [0.5, 0.6) is 5.75 Å². The number of nitrogens with one attached hydrogen (secondary N) is 1. The van der Waals surface area contributed by atoms with Gasteiger partial charge in [-0.05, 0) is 58.0 Å². The summed E-state index contributed by atoms with van der Waals surface area (Å²) in [7, 11) is 0. The van der Waals surface area contributed by atoms with Crippen molar-refractivity contribution < 1.29 is 9.53 Å². The van der Waals surface area contributed by atoms with Gasteiger partial charge in [0.25, 0.3) is 5.91 Å². The Hall–Kier alpha value is -2.67. The number of amides is 1. The van der Waals surface area contributed by atoms with E-state index in [-0.39, 0.29) is 5.91 Å². The third-order valence-electron chi connectivity index (χ3n) is 3.97. The number of hydrogen-bond donors (Lipinski definition) is 1. The molecule has 0 saturated carbocycles. The van der Waals surface area contributed by atoms with Gasteiger partial charge in [-0.1, -0.05) is 0 Å². The molecule has 0 aliphatic carbocycles. The molecular weight excluding hydrogens is 348 g/mol. The number of thiazole rings is 1. The average molecular weight is 370 g/mol. The number of aromatic nitrogens is 3. The number of benzene rings is 1. The van der Waals surface area contributed by atoms with Gasteiger partial charge < -0.3 is 4.74 Å². The van der Waals surface area contributed by atoms with Crippen LogP contribution in [0.3, 0.4) is 0 Å². The number of nitrogens with zero attached hydrogens (tertiary/aromatic N) is 3. The highest BCUT2D eigenvalue weighted by Crippen LogP contribution is 2.31. The molecule has 0 spiro atoms. The summed E-state index contributed by atoms with van der Waals surface area (Å²) in [4.78, 5) is 18.1. The van der Waals surface area contributed by atoms with Gasteiger partial charge in [0.05, 0.1) is 12.3 Å². The molecule has 0 aliphatic heterocycles. The van der Waals surface area contributed by atoms with Crippen molar-refractivity contribution in [3.05, 3.63) is 46.6 Å². The van der Waals surface area contributed by atoms with E-state index in [9.17, 15) is 4.79 Å². The van der Waals surface area contributed by atoms with E-state index in [1.807, 2.05) is 52.0 Å². The highest BCUT2D eigenvalue weighted by Gasteiger charge is 2.16. The standard InChI is InChI=1S/C19H22N4O2S/c1-5-23-12(3)11-16(22-23)18(24)21-19-20-17(13(4)26-19)14-7-9-15(10-8-14)25-6-2/h7-11H,5-6H2,1-4H3,(H,20,21,24). The van der Waals surface area contributed by atoms with Crippen molar-refractivity contribution in [2.24, 2.45) is 0 Å². The second-order valence-corrected chi connectivity index (χ2v) is 7.03. The molecule has 2 aromatic heterocycles. The molecule has 0 unspecified atom stereocenters. The Morgan fingerprint density at radius 1 is 1.23 bits per heavy atom. The van der Waals surface area contributed by atoms with Crippen LogP contribution in [-0.4, -0.2) is 27.3 Å². The number of aryl methyl sites for hydroxylation is 3. The van der Waals surface area contributed by atoms with Crippen molar-refractivity contribution >= 4 is 22.4 Å². The highest BCUT2D eigenvalue weighted by atomic mass is 32.1. The average Bonchev–Trinajstić information content (AvgIpc) is 3.18. The molecule has 0 radical (unpaired) electrons. The minimum Gasteiger partial charge on any atom is -0.494 e. The molecule has 0 atom stereocenters. The highest BCUT2D eigenvalue weighted by molar-refractivity contribution is 7.16. The lowest BCUT2D eigenvalue weighted by Gasteiger charge is -2.04. The van der Waals surface area contributed by atoms with Crippen LogP contribution >= 0.6 is 11.3 Å². The van der Waals surface area contributed by atoms with E-state index in [2.05, 4.69) is 15.4 Å². The third kappa shape index (κ3) is 3.77. The summed E-state index contributed by atoms with van der Waals surface area (Å²) in [6.45, 7) is 9.25. The molecule has 1 N–H and O–H groups in total. The van der Waals surface area contributed by atoms with Crippen molar-refractivity contribution in [3.8, 4) is 17.0 Å². The van der Waals surface area contributed by atoms with Crippen molar-refractivity contribution in [1.29, 1.82) is 0 Å². The minimum absolute atomic E-state index is 0.243. The van der Waals surface area contributed by atoms with Crippen molar-refractivity contribution in [1.82, 2.24) is 14.8 Å². The predicted molar refractivity (Wildman–Crippen MR) is 104 cm³/mol. The molecule has 1 aromatic carbocycles. The fourth-order valence-corrected chi connectivity index (χ4v) is 3.53. The molecular formula is C19H22N4O2S. The molecule has 0 saturated heterocycles. The van der Waals surface area contributed by atoms with Crippen LogP contribution in [0.25, 0.3) is 11.3 Å². The van der Waals surface area contributed by atoms with E-state index < -0.39 is 0 Å². The lowest BCUT2D eigenvalue weighted by molar-refractivity contribution is 0.102. The van der Waals surface area contributed by atoms with Crippen LogP contribution in [-0.2, 0) is 6.54 Å². The van der Waals surface area contributed by atoms with E-state index >= 15 is 0 Å². The van der Waals surface area contributed by atoms with E-state index in [1.54, 1.807) is 10.7 Å². The summed E-state index contributed by atoms with van der Waals surface area (Å²) in [6.07, 6.45) is 0.